The molecule has 9 rings (SSSR count). The van der Waals surface area contributed by atoms with E-state index in [9.17, 15) is 19.5 Å². The molecule has 0 unspecified atom stereocenters. The second-order valence-corrected chi connectivity index (χ2v) is 16.6. The Kier molecular flexibility index (Phi) is 9.75. The molecule has 1 saturated carbocycles. The lowest BCUT2D eigenvalue weighted by Gasteiger charge is -2.49. The minimum atomic E-state index is -1.55. The highest BCUT2D eigenvalue weighted by Gasteiger charge is 2.71. The zero-order valence-electron chi connectivity index (χ0n) is 31.3. The summed E-state index contributed by atoms with van der Waals surface area (Å²) in [7, 11) is 1.55. The van der Waals surface area contributed by atoms with Crippen LogP contribution < -0.4 is 10.2 Å². The first-order valence-corrected chi connectivity index (χ1v) is 20.2. The van der Waals surface area contributed by atoms with Crippen LogP contribution in [0.15, 0.2) is 101 Å². The van der Waals surface area contributed by atoms with Gasteiger partial charge in [-0.15, -0.1) is 0 Å². The van der Waals surface area contributed by atoms with Crippen molar-refractivity contribution in [3.8, 4) is 5.75 Å². The first-order valence-electron chi connectivity index (χ1n) is 19.4. The van der Waals surface area contributed by atoms with Crippen molar-refractivity contribution in [1.29, 1.82) is 0 Å². The fraction of sp³-hybridized carbons (Fsp3) is 0.364. The maximum absolute atomic E-state index is 15.4. The lowest BCUT2D eigenvalue weighted by atomic mass is 9.49. The number of benzene rings is 3. The first kappa shape index (κ1) is 37.6. The molecule has 4 fully saturated rings. The molecule has 0 bridgehead atoms. The third-order valence-electron chi connectivity index (χ3n) is 12.9. The molecule has 6 atom stereocenters. The number of aliphatic hydroxyl groups excluding tert-OH is 1. The fourth-order valence-electron chi connectivity index (χ4n) is 10.3. The van der Waals surface area contributed by atoms with Gasteiger partial charge in [0, 0.05) is 30.7 Å². The van der Waals surface area contributed by atoms with E-state index in [4.69, 9.17) is 32.4 Å². The number of ether oxygens (including phenoxy) is 1. The molecule has 4 heterocycles. The van der Waals surface area contributed by atoms with Crippen molar-refractivity contribution in [3.05, 3.63) is 129 Å². The summed E-state index contributed by atoms with van der Waals surface area (Å²) in [5, 5.41) is 11.7. The Labute approximate surface area is 340 Å². The molecule has 3 aromatic carbocycles. The largest absolute Gasteiger partial charge is 0.497 e. The van der Waals surface area contributed by atoms with Gasteiger partial charge in [-0.3, -0.25) is 34.4 Å². The highest BCUT2D eigenvalue weighted by atomic mass is 35.5. The summed E-state index contributed by atoms with van der Waals surface area (Å²) >= 11 is 12.8. The molecule has 11 nitrogen and oxygen atoms in total. The average Bonchev–Trinajstić information content (AvgIpc) is 3.87. The molecule has 3 aliphatic heterocycles. The van der Waals surface area contributed by atoms with E-state index in [2.05, 4.69) is 22.5 Å². The Morgan fingerprint density at radius 1 is 0.895 bits per heavy atom. The number of hydrazine groups is 1. The number of halogens is 2. The number of carbonyl (C=O) groups is 4. The predicted molar refractivity (Wildman–Crippen MR) is 212 cm³/mol. The van der Waals surface area contributed by atoms with E-state index < -0.39 is 46.8 Å². The normalized spacial score (nSPS) is 27.6. The molecule has 3 saturated heterocycles. The molecule has 2 aliphatic carbocycles. The monoisotopic (exact) mass is 808 g/mol. The molecular formula is C44H42Cl2N4O7. The van der Waals surface area contributed by atoms with Gasteiger partial charge in [-0.2, -0.15) is 5.01 Å². The lowest BCUT2D eigenvalue weighted by molar-refractivity contribution is -0.144. The Morgan fingerprint density at radius 2 is 1.65 bits per heavy atom. The zero-order chi connectivity index (χ0) is 39.6. The number of nitrogens with one attached hydrogen (secondary N) is 1. The quantitative estimate of drug-likeness (QED) is 0.140. The highest BCUT2D eigenvalue weighted by Crippen LogP contribution is 2.64. The number of furan rings is 1. The van der Waals surface area contributed by atoms with E-state index in [-0.39, 0.29) is 35.9 Å². The predicted octanol–water partition coefficient (Wildman–Crippen LogP) is 6.74. The summed E-state index contributed by atoms with van der Waals surface area (Å²) in [5.74, 6) is -3.85. The number of aliphatic hydroxyl groups is 1. The van der Waals surface area contributed by atoms with Crippen molar-refractivity contribution >= 4 is 52.5 Å². The number of amides is 4. The number of carbonyl (C=O) groups excluding carboxylic acids is 4. The zero-order valence-corrected chi connectivity index (χ0v) is 32.8. The maximum Gasteiger partial charge on any atom is 0.260 e. The highest BCUT2D eigenvalue weighted by molar-refractivity contribution is 6.36. The summed E-state index contributed by atoms with van der Waals surface area (Å²) < 4.78 is 11.8. The van der Waals surface area contributed by atoms with Crippen LogP contribution in [0.2, 0.25) is 10.0 Å². The number of methoxy groups -OCH3 is 1. The van der Waals surface area contributed by atoms with Crippen molar-refractivity contribution in [2.75, 3.05) is 25.6 Å². The number of piperidine rings is 1. The van der Waals surface area contributed by atoms with E-state index in [1.807, 2.05) is 24.3 Å². The van der Waals surface area contributed by atoms with Crippen molar-refractivity contribution in [2.45, 2.75) is 56.2 Å². The minimum Gasteiger partial charge on any atom is -0.497 e. The fourth-order valence-corrected chi connectivity index (χ4v) is 10.8. The third kappa shape index (κ3) is 6.09. The number of nitrogens with zero attached hydrogens (tertiary/aromatic N) is 3. The number of imide groups is 2. The van der Waals surface area contributed by atoms with Crippen LogP contribution in [0.4, 0.5) is 5.69 Å². The third-order valence-corrected chi connectivity index (χ3v) is 13.5. The first-order chi connectivity index (χ1) is 27.6. The number of rotatable bonds is 9. The van der Waals surface area contributed by atoms with Crippen LogP contribution in [0.3, 0.4) is 0 Å². The van der Waals surface area contributed by atoms with Crippen molar-refractivity contribution in [1.82, 2.24) is 14.8 Å². The Bertz CT molecular complexity index is 2270. The second-order valence-electron chi connectivity index (χ2n) is 15.7. The molecule has 5 aliphatic rings. The molecule has 57 heavy (non-hydrogen) atoms. The number of hydrogen-bond donors (Lipinski definition) is 2. The van der Waals surface area contributed by atoms with Gasteiger partial charge < -0.3 is 14.3 Å². The Morgan fingerprint density at radius 3 is 2.33 bits per heavy atom. The van der Waals surface area contributed by atoms with Gasteiger partial charge in [-0.25, -0.2) is 0 Å². The number of anilines is 1. The van der Waals surface area contributed by atoms with Gasteiger partial charge in [-0.1, -0.05) is 77.3 Å². The van der Waals surface area contributed by atoms with Crippen molar-refractivity contribution in [2.24, 2.45) is 23.7 Å². The Balaban J connectivity index is 1.11. The van der Waals surface area contributed by atoms with Gasteiger partial charge in [0.25, 0.3) is 11.8 Å². The summed E-state index contributed by atoms with van der Waals surface area (Å²) in [5.41, 5.74) is 4.32. The number of allylic oxidation sites excluding steroid dienone is 2. The van der Waals surface area contributed by atoms with Crippen LogP contribution in [0.25, 0.3) is 0 Å². The van der Waals surface area contributed by atoms with Crippen LogP contribution in [0, 0.1) is 23.7 Å². The summed E-state index contributed by atoms with van der Waals surface area (Å²) in [6.07, 6.45) is 3.81. The van der Waals surface area contributed by atoms with Crippen LogP contribution >= 0.6 is 23.2 Å². The van der Waals surface area contributed by atoms with E-state index in [0.717, 1.165) is 30.2 Å². The summed E-state index contributed by atoms with van der Waals surface area (Å²) in [6, 6.07) is 25.2. The van der Waals surface area contributed by atoms with Gasteiger partial charge in [0.05, 0.1) is 41.5 Å². The second kappa shape index (κ2) is 14.8. The molecule has 1 aromatic heterocycles. The van der Waals surface area contributed by atoms with Crippen LogP contribution in [0.1, 0.15) is 54.2 Å². The molecule has 0 radical (unpaired) electrons. The van der Waals surface area contributed by atoms with Crippen molar-refractivity contribution in [3.63, 3.8) is 0 Å². The summed E-state index contributed by atoms with van der Waals surface area (Å²) in [6.45, 7) is 1.95. The molecule has 294 valence electrons. The standard InChI is InChI=1S/C44H42Cl2N4O7/c1-56-29-10-7-26(8-11-29)44-34(41(53)50(43(44)55)47-36-15-9-27(45)21-35(36)46)22-33-31(39(44)37-16-12-30(24-51)57-37)13-14-32-38(33)42(54)49(40(32)52)28-17-19-48(20-18-28)23-25-5-3-2-4-6-25/h2-13,15-16,21,28,32-34,38-39,47,51H,14,17-20,22-24H2,1H3/t32-,33+,34-,38-,39+,44+/m0/s1. The molecule has 4 aromatic rings. The molecule has 0 spiro atoms. The Hall–Kier alpha value is -4.94. The van der Waals surface area contributed by atoms with Gasteiger partial charge >= 0.3 is 0 Å². The van der Waals surface area contributed by atoms with E-state index in [1.165, 1.54) is 16.5 Å². The SMILES string of the molecule is COc1ccc([C@@]23C(=O)N(Nc4ccc(Cl)cc4Cl)C(=O)[C@@H]2C[C@@H]2C(=CC[C@@H]4C(=O)N(C5CCN(Cc6ccccc6)CC5)C(=O)[C@@H]42)[C@@H]3c2ccc(CO)o2)cc1. The minimum absolute atomic E-state index is 0.141. The number of fused-ring (bicyclic) bond motifs is 4. The van der Waals surface area contributed by atoms with Gasteiger partial charge in [0.1, 0.15) is 29.3 Å². The maximum atomic E-state index is 15.4. The number of likely N-dealkylation sites (tertiary alicyclic amines) is 2. The van der Waals surface area contributed by atoms with Crippen LogP contribution in [0.5, 0.6) is 5.75 Å². The van der Waals surface area contributed by atoms with Gasteiger partial charge in [0.15, 0.2) is 0 Å². The van der Waals surface area contributed by atoms with E-state index in [1.54, 1.807) is 55.6 Å². The average molecular weight is 810 g/mol. The van der Waals surface area contributed by atoms with Crippen molar-refractivity contribution < 1.29 is 33.4 Å². The van der Waals surface area contributed by atoms with E-state index >= 15 is 4.79 Å². The molecule has 4 amide bonds. The molecular weight excluding hydrogens is 767 g/mol. The summed E-state index contributed by atoms with van der Waals surface area (Å²) in [4.78, 5) is 63.3. The van der Waals surface area contributed by atoms with Gasteiger partial charge in [0.2, 0.25) is 11.8 Å². The number of hydrogen-bond acceptors (Lipinski definition) is 9. The van der Waals surface area contributed by atoms with Gasteiger partial charge in [-0.05, 0) is 85.2 Å². The van der Waals surface area contributed by atoms with Crippen LogP contribution in [-0.2, 0) is 37.7 Å². The lowest BCUT2D eigenvalue weighted by Crippen LogP contribution is -2.53. The topological polar surface area (TPSA) is 133 Å². The van der Waals surface area contributed by atoms with Crippen LogP contribution in [-0.4, -0.2) is 69.8 Å². The molecule has 13 heteroatoms. The van der Waals surface area contributed by atoms with E-state index in [0.29, 0.717) is 52.8 Å². The smallest absolute Gasteiger partial charge is 0.260 e. The molecule has 2 N–H and O–H groups in total.